The van der Waals surface area contributed by atoms with E-state index >= 15 is 0 Å². The number of hydrogen-bond acceptors (Lipinski definition) is 4. The number of aldehydes is 1. The molecule has 0 spiro atoms. The molecule has 5 nitrogen and oxygen atoms in total. The lowest BCUT2D eigenvalue weighted by Crippen LogP contribution is -2.47. The van der Waals surface area contributed by atoms with Crippen molar-refractivity contribution < 1.29 is 9.59 Å². The van der Waals surface area contributed by atoms with Crippen LogP contribution in [0.25, 0.3) is 0 Å². The number of rotatable bonds is 4. The van der Waals surface area contributed by atoms with E-state index in [1.807, 2.05) is 25.8 Å². The average Bonchev–Trinajstić information content (AvgIpc) is 2.48. The van der Waals surface area contributed by atoms with Crippen LogP contribution in [0.15, 0.2) is 23.4 Å². The van der Waals surface area contributed by atoms with Crippen LogP contribution in [0.3, 0.4) is 0 Å². The van der Waals surface area contributed by atoms with Crippen molar-refractivity contribution in [3.8, 4) is 0 Å². The Morgan fingerprint density at radius 1 is 1.15 bits per heavy atom. The molecule has 0 bridgehead atoms. The first-order valence-corrected chi connectivity index (χ1v) is 7.07. The molecule has 0 aliphatic carbocycles. The molecule has 0 aromatic heterocycles. The number of carbonyl (C=O) groups is 2. The normalized spacial score (nSPS) is 17.1. The summed E-state index contributed by atoms with van der Waals surface area (Å²) < 4.78 is 0. The lowest BCUT2D eigenvalue weighted by Gasteiger charge is -2.32. The lowest BCUT2D eigenvalue weighted by molar-refractivity contribution is -0.128. The fraction of sp³-hybridized carbons (Fsp3) is 0.600. The minimum atomic E-state index is -0.0290. The molecule has 114 valence electrons. The Morgan fingerprint density at radius 3 is 2.15 bits per heavy atom. The monoisotopic (exact) mass is 281 g/mol. The van der Waals surface area contributed by atoms with Gasteiger partial charge in [-0.25, -0.2) is 0 Å². The Morgan fingerprint density at radius 2 is 1.70 bits per heavy atom. The highest BCUT2D eigenvalue weighted by atomic mass is 16.2. The second-order valence-corrected chi connectivity index (χ2v) is 4.49. The van der Waals surface area contributed by atoms with Gasteiger partial charge in [0.2, 0.25) is 0 Å². The molecular weight excluding hydrogens is 254 g/mol. The van der Waals surface area contributed by atoms with E-state index in [2.05, 4.69) is 10.2 Å². The number of hydrogen-bond donors (Lipinski definition) is 1. The molecule has 0 unspecified atom stereocenters. The van der Waals surface area contributed by atoms with Gasteiger partial charge in [0.15, 0.2) is 0 Å². The maximum Gasteiger partial charge on any atom is 0.255 e. The smallest absolute Gasteiger partial charge is 0.255 e. The Kier molecular flexibility index (Phi) is 9.38. The van der Waals surface area contributed by atoms with Gasteiger partial charge in [0.25, 0.3) is 5.91 Å². The maximum absolute atomic E-state index is 12.3. The first-order valence-electron chi connectivity index (χ1n) is 7.07. The van der Waals surface area contributed by atoms with E-state index in [1.165, 1.54) is 0 Å². The van der Waals surface area contributed by atoms with Crippen molar-refractivity contribution >= 4 is 12.2 Å². The van der Waals surface area contributed by atoms with Gasteiger partial charge in [-0.1, -0.05) is 13.8 Å². The van der Waals surface area contributed by atoms with Crippen LogP contribution < -0.4 is 5.32 Å². The summed E-state index contributed by atoms with van der Waals surface area (Å²) in [5.74, 6) is -0.0290. The van der Waals surface area contributed by atoms with E-state index < -0.39 is 0 Å². The molecule has 1 aliphatic rings. The highest BCUT2D eigenvalue weighted by Crippen LogP contribution is 2.08. The quantitative estimate of drug-likeness (QED) is 0.475. The van der Waals surface area contributed by atoms with Gasteiger partial charge in [-0.2, -0.15) is 0 Å². The molecule has 1 saturated heterocycles. The lowest BCUT2D eigenvalue weighted by atomic mass is 10.1. The van der Waals surface area contributed by atoms with Gasteiger partial charge >= 0.3 is 0 Å². The molecule has 0 aromatic rings. The van der Waals surface area contributed by atoms with Crippen molar-refractivity contribution in [3.63, 3.8) is 0 Å². The van der Waals surface area contributed by atoms with Crippen molar-refractivity contribution in [2.75, 3.05) is 40.3 Å². The Balaban J connectivity index is 0.00000172. The summed E-state index contributed by atoms with van der Waals surface area (Å²) in [6.07, 6.45) is 4.00. The van der Waals surface area contributed by atoms with Crippen molar-refractivity contribution in [3.05, 3.63) is 23.4 Å². The zero-order valence-corrected chi connectivity index (χ0v) is 13.3. The van der Waals surface area contributed by atoms with E-state index in [4.69, 9.17) is 0 Å². The predicted molar refractivity (Wildman–Crippen MR) is 82.4 cm³/mol. The van der Waals surface area contributed by atoms with Crippen molar-refractivity contribution in [1.82, 2.24) is 15.1 Å². The molecule has 0 radical (unpaired) electrons. The highest BCUT2D eigenvalue weighted by Gasteiger charge is 2.21. The molecule has 1 amide bonds. The maximum atomic E-state index is 12.3. The summed E-state index contributed by atoms with van der Waals surface area (Å²) in [6.45, 7) is 8.91. The molecule has 1 heterocycles. The summed E-state index contributed by atoms with van der Waals surface area (Å²) in [4.78, 5) is 26.9. The molecule has 1 aliphatic heterocycles. The molecule has 20 heavy (non-hydrogen) atoms. The fourth-order valence-corrected chi connectivity index (χ4v) is 1.79. The number of allylic oxidation sites excluding steroid dienone is 1. The fourth-order valence-electron chi connectivity index (χ4n) is 1.79. The van der Waals surface area contributed by atoms with E-state index in [9.17, 15) is 9.59 Å². The number of nitrogens with zero attached hydrogens (tertiary/aromatic N) is 2. The van der Waals surface area contributed by atoms with E-state index in [0.717, 1.165) is 32.5 Å². The third-order valence-corrected chi connectivity index (χ3v) is 2.91. The number of likely N-dealkylation sites (N-methyl/N-ethyl adjacent to an activating group) is 1. The zero-order valence-electron chi connectivity index (χ0n) is 13.3. The third kappa shape index (κ3) is 6.02. The second-order valence-electron chi connectivity index (χ2n) is 4.49. The van der Waals surface area contributed by atoms with E-state index in [0.29, 0.717) is 11.1 Å². The molecule has 0 saturated carbocycles. The number of carbonyl (C=O) groups excluding carboxylic acids is 2. The Labute approximate surface area is 122 Å². The van der Waals surface area contributed by atoms with Crippen molar-refractivity contribution in [1.29, 1.82) is 0 Å². The van der Waals surface area contributed by atoms with Gasteiger partial charge in [-0.3, -0.25) is 9.59 Å². The van der Waals surface area contributed by atoms with Gasteiger partial charge in [0.05, 0.1) is 5.57 Å². The molecular formula is C15H27N3O2. The minimum absolute atomic E-state index is 0.0290. The number of nitrogens with one attached hydrogen (secondary N) is 1. The van der Waals surface area contributed by atoms with Gasteiger partial charge < -0.3 is 15.1 Å². The van der Waals surface area contributed by atoms with Crippen LogP contribution >= 0.6 is 0 Å². The summed E-state index contributed by atoms with van der Waals surface area (Å²) >= 11 is 0. The first-order chi connectivity index (χ1) is 9.58. The zero-order chi connectivity index (χ0) is 15.5. The molecule has 1 fully saturated rings. The predicted octanol–water partition coefficient (Wildman–Crippen LogP) is 1.04. The largest absolute Gasteiger partial charge is 0.393 e. The Hall–Kier alpha value is -1.62. The van der Waals surface area contributed by atoms with Crippen LogP contribution in [0.4, 0.5) is 0 Å². The summed E-state index contributed by atoms with van der Waals surface area (Å²) in [6, 6.07) is 0. The van der Waals surface area contributed by atoms with E-state index in [-0.39, 0.29) is 5.91 Å². The van der Waals surface area contributed by atoms with Gasteiger partial charge in [-0.05, 0) is 25.6 Å². The van der Waals surface area contributed by atoms with Crippen LogP contribution in [0.1, 0.15) is 20.8 Å². The van der Waals surface area contributed by atoms with Gasteiger partial charge in [-0.15, -0.1) is 0 Å². The second kappa shape index (κ2) is 10.2. The van der Waals surface area contributed by atoms with Crippen molar-refractivity contribution in [2.24, 2.45) is 0 Å². The SMILES string of the molecule is CC.CN/C=C(\C=C(\C)C=O)C(=O)N1CCN(C)CC1. The first kappa shape index (κ1) is 18.4. The van der Waals surface area contributed by atoms with Gasteiger partial charge in [0, 0.05) is 39.4 Å². The number of piperazine rings is 1. The number of amides is 1. The van der Waals surface area contributed by atoms with Gasteiger partial charge in [0.1, 0.15) is 6.29 Å². The summed E-state index contributed by atoms with van der Waals surface area (Å²) in [7, 11) is 3.78. The Bertz CT molecular complexity index is 367. The van der Waals surface area contributed by atoms with Crippen LogP contribution in [0.2, 0.25) is 0 Å². The minimum Gasteiger partial charge on any atom is -0.393 e. The average molecular weight is 281 g/mol. The standard InChI is InChI=1S/C13H21N3O2.C2H6/c1-11(10-17)8-12(9-14-2)13(18)16-6-4-15(3)5-7-16;1-2/h8-10,14H,4-7H2,1-3H3;1-2H3/b11-8-,12-9+;. The van der Waals surface area contributed by atoms with E-state index in [1.54, 1.807) is 26.2 Å². The highest BCUT2D eigenvalue weighted by molar-refractivity contribution is 5.97. The van der Waals surface area contributed by atoms with Crippen LogP contribution in [-0.4, -0.2) is 62.3 Å². The van der Waals surface area contributed by atoms with Crippen LogP contribution in [0.5, 0.6) is 0 Å². The molecule has 1 N–H and O–H groups in total. The van der Waals surface area contributed by atoms with Crippen molar-refractivity contribution in [2.45, 2.75) is 20.8 Å². The topological polar surface area (TPSA) is 52.7 Å². The van der Waals surface area contributed by atoms with Crippen LogP contribution in [-0.2, 0) is 9.59 Å². The molecule has 0 aromatic carbocycles. The summed E-state index contributed by atoms with van der Waals surface area (Å²) in [5, 5.41) is 2.85. The van der Waals surface area contributed by atoms with Crippen LogP contribution in [0, 0.1) is 0 Å². The third-order valence-electron chi connectivity index (χ3n) is 2.91. The summed E-state index contributed by atoms with van der Waals surface area (Å²) in [5.41, 5.74) is 1.06. The molecule has 1 rings (SSSR count). The molecule has 0 atom stereocenters. The molecule has 5 heteroatoms.